The smallest absolute Gasteiger partial charge is 0.254 e. The van der Waals surface area contributed by atoms with Gasteiger partial charge in [0.2, 0.25) is 0 Å². The first-order valence-corrected chi connectivity index (χ1v) is 7.40. The standard InChI is InChI=1S/C18H22N2O2/c1-3-20(18(22)15-5-4-6-16(19)11-15)12-17(21)14-9-7-13(2)8-10-14/h4-11,17,21H,3,12,19H2,1-2H3. The van der Waals surface area contributed by atoms with Gasteiger partial charge in [-0.05, 0) is 37.6 Å². The molecule has 0 aliphatic heterocycles. The second kappa shape index (κ2) is 7.09. The summed E-state index contributed by atoms with van der Waals surface area (Å²) >= 11 is 0. The summed E-state index contributed by atoms with van der Waals surface area (Å²) in [5.74, 6) is -0.124. The quantitative estimate of drug-likeness (QED) is 0.834. The van der Waals surface area contributed by atoms with Crippen LogP contribution in [0.5, 0.6) is 0 Å². The van der Waals surface area contributed by atoms with E-state index in [2.05, 4.69) is 0 Å². The topological polar surface area (TPSA) is 66.6 Å². The third-order valence-corrected chi connectivity index (χ3v) is 3.66. The second-order valence-electron chi connectivity index (χ2n) is 5.40. The highest BCUT2D eigenvalue weighted by molar-refractivity contribution is 5.95. The number of benzene rings is 2. The van der Waals surface area contributed by atoms with E-state index in [4.69, 9.17) is 5.73 Å². The summed E-state index contributed by atoms with van der Waals surface area (Å²) in [6.07, 6.45) is -0.703. The van der Waals surface area contributed by atoms with Crippen molar-refractivity contribution in [3.05, 3.63) is 65.2 Å². The Kier molecular flexibility index (Phi) is 5.17. The zero-order valence-corrected chi connectivity index (χ0v) is 13.0. The molecule has 4 heteroatoms. The van der Waals surface area contributed by atoms with Gasteiger partial charge in [0.25, 0.3) is 5.91 Å². The van der Waals surface area contributed by atoms with Crippen LogP contribution < -0.4 is 5.73 Å². The van der Waals surface area contributed by atoms with E-state index < -0.39 is 6.10 Å². The minimum absolute atomic E-state index is 0.124. The number of anilines is 1. The zero-order valence-electron chi connectivity index (χ0n) is 13.0. The van der Waals surface area contributed by atoms with Gasteiger partial charge in [0.05, 0.1) is 12.6 Å². The fourth-order valence-corrected chi connectivity index (χ4v) is 2.31. The molecular weight excluding hydrogens is 276 g/mol. The van der Waals surface area contributed by atoms with Gasteiger partial charge >= 0.3 is 0 Å². The summed E-state index contributed by atoms with van der Waals surface area (Å²) in [4.78, 5) is 14.1. The minimum Gasteiger partial charge on any atom is -0.399 e. The number of hydrogen-bond donors (Lipinski definition) is 2. The molecule has 4 nitrogen and oxygen atoms in total. The number of aryl methyl sites for hydroxylation is 1. The first-order valence-electron chi connectivity index (χ1n) is 7.40. The molecule has 0 heterocycles. The maximum atomic E-state index is 12.5. The lowest BCUT2D eigenvalue weighted by molar-refractivity contribution is 0.0635. The molecule has 0 spiro atoms. The summed E-state index contributed by atoms with van der Waals surface area (Å²) in [6.45, 7) is 4.67. The van der Waals surface area contributed by atoms with Crippen molar-refractivity contribution in [2.75, 3.05) is 18.8 Å². The van der Waals surface area contributed by atoms with Crippen LogP contribution in [0.25, 0.3) is 0 Å². The zero-order chi connectivity index (χ0) is 16.1. The number of nitrogen functional groups attached to an aromatic ring is 1. The van der Waals surface area contributed by atoms with Crippen LogP contribution in [0, 0.1) is 6.92 Å². The van der Waals surface area contributed by atoms with Crippen molar-refractivity contribution in [2.45, 2.75) is 20.0 Å². The maximum Gasteiger partial charge on any atom is 0.254 e. The molecule has 0 saturated carbocycles. The number of likely N-dealkylation sites (N-methyl/N-ethyl adjacent to an activating group) is 1. The van der Waals surface area contributed by atoms with E-state index in [1.807, 2.05) is 38.1 Å². The fourth-order valence-electron chi connectivity index (χ4n) is 2.31. The number of nitrogens with two attached hydrogens (primary N) is 1. The number of carbonyl (C=O) groups is 1. The molecule has 0 aliphatic rings. The third-order valence-electron chi connectivity index (χ3n) is 3.66. The highest BCUT2D eigenvalue weighted by atomic mass is 16.3. The lowest BCUT2D eigenvalue weighted by atomic mass is 10.1. The number of carbonyl (C=O) groups excluding carboxylic acids is 1. The average Bonchev–Trinajstić information content (AvgIpc) is 2.52. The van der Waals surface area contributed by atoms with Gasteiger partial charge in [-0.3, -0.25) is 4.79 Å². The van der Waals surface area contributed by atoms with Gasteiger partial charge in [0.15, 0.2) is 0 Å². The van der Waals surface area contributed by atoms with E-state index in [0.717, 1.165) is 11.1 Å². The van der Waals surface area contributed by atoms with Crippen LogP contribution in [-0.2, 0) is 0 Å². The van der Waals surface area contributed by atoms with E-state index in [9.17, 15) is 9.90 Å². The molecule has 0 bridgehead atoms. The lowest BCUT2D eigenvalue weighted by Gasteiger charge is -2.24. The molecule has 116 valence electrons. The van der Waals surface area contributed by atoms with Gasteiger partial charge in [-0.25, -0.2) is 0 Å². The van der Waals surface area contributed by atoms with Crippen LogP contribution in [0.1, 0.15) is 34.5 Å². The Morgan fingerprint density at radius 1 is 1.23 bits per heavy atom. The summed E-state index contributed by atoms with van der Waals surface area (Å²) in [6, 6.07) is 14.6. The third kappa shape index (κ3) is 3.86. The van der Waals surface area contributed by atoms with E-state index >= 15 is 0 Å². The van der Waals surface area contributed by atoms with Crippen molar-refractivity contribution in [3.8, 4) is 0 Å². The van der Waals surface area contributed by atoms with Crippen molar-refractivity contribution in [1.82, 2.24) is 4.90 Å². The highest BCUT2D eigenvalue weighted by Crippen LogP contribution is 2.17. The Hall–Kier alpha value is -2.33. The van der Waals surface area contributed by atoms with E-state index in [0.29, 0.717) is 17.8 Å². The van der Waals surface area contributed by atoms with Crippen molar-refractivity contribution in [1.29, 1.82) is 0 Å². The van der Waals surface area contributed by atoms with Gasteiger partial charge in [-0.15, -0.1) is 0 Å². The number of aliphatic hydroxyl groups excluding tert-OH is 1. The summed E-state index contributed by atoms with van der Waals surface area (Å²) in [5.41, 5.74) is 8.77. The highest BCUT2D eigenvalue weighted by Gasteiger charge is 2.18. The van der Waals surface area contributed by atoms with Crippen LogP contribution >= 0.6 is 0 Å². The molecule has 1 unspecified atom stereocenters. The van der Waals surface area contributed by atoms with Crippen molar-refractivity contribution in [3.63, 3.8) is 0 Å². The molecule has 0 radical (unpaired) electrons. The molecule has 0 aromatic heterocycles. The molecule has 0 aliphatic carbocycles. The molecule has 2 rings (SSSR count). The van der Waals surface area contributed by atoms with Crippen molar-refractivity contribution < 1.29 is 9.90 Å². The van der Waals surface area contributed by atoms with Crippen molar-refractivity contribution >= 4 is 11.6 Å². The first kappa shape index (κ1) is 16.0. The summed E-state index contributed by atoms with van der Waals surface area (Å²) in [7, 11) is 0. The number of hydrogen-bond acceptors (Lipinski definition) is 3. The summed E-state index contributed by atoms with van der Waals surface area (Å²) < 4.78 is 0. The summed E-state index contributed by atoms with van der Waals surface area (Å²) in [5, 5.41) is 10.3. The minimum atomic E-state index is -0.703. The molecule has 3 N–H and O–H groups in total. The molecular formula is C18H22N2O2. The number of rotatable bonds is 5. The largest absolute Gasteiger partial charge is 0.399 e. The Morgan fingerprint density at radius 3 is 2.50 bits per heavy atom. The molecule has 2 aromatic carbocycles. The van der Waals surface area contributed by atoms with Gasteiger partial charge < -0.3 is 15.7 Å². The molecule has 22 heavy (non-hydrogen) atoms. The van der Waals surface area contributed by atoms with Crippen molar-refractivity contribution in [2.24, 2.45) is 0 Å². The number of amides is 1. The van der Waals surface area contributed by atoms with E-state index in [-0.39, 0.29) is 12.5 Å². The monoisotopic (exact) mass is 298 g/mol. The normalized spacial score (nSPS) is 12.0. The van der Waals surface area contributed by atoms with Crippen LogP contribution in [-0.4, -0.2) is 29.0 Å². The first-order chi connectivity index (χ1) is 10.5. The predicted molar refractivity (Wildman–Crippen MR) is 88.6 cm³/mol. The van der Waals surface area contributed by atoms with Gasteiger partial charge in [-0.1, -0.05) is 35.9 Å². The molecule has 2 aromatic rings. The Bertz CT molecular complexity index is 638. The number of nitrogens with zero attached hydrogens (tertiary/aromatic N) is 1. The van der Waals surface area contributed by atoms with Gasteiger partial charge in [0, 0.05) is 17.8 Å². The van der Waals surface area contributed by atoms with Crippen LogP contribution in [0.2, 0.25) is 0 Å². The number of aliphatic hydroxyl groups is 1. The Morgan fingerprint density at radius 2 is 1.91 bits per heavy atom. The molecule has 1 atom stereocenters. The lowest BCUT2D eigenvalue weighted by Crippen LogP contribution is -2.34. The van der Waals surface area contributed by atoms with Crippen LogP contribution in [0.15, 0.2) is 48.5 Å². The van der Waals surface area contributed by atoms with E-state index in [1.54, 1.807) is 29.2 Å². The van der Waals surface area contributed by atoms with Crippen LogP contribution in [0.4, 0.5) is 5.69 Å². The second-order valence-corrected chi connectivity index (χ2v) is 5.40. The van der Waals surface area contributed by atoms with Gasteiger partial charge in [-0.2, -0.15) is 0 Å². The SMILES string of the molecule is CCN(CC(O)c1ccc(C)cc1)C(=O)c1cccc(N)c1. The average molecular weight is 298 g/mol. The fraction of sp³-hybridized carbons (Fsp3) is 0.278. The Balaban J connectivity index is 2.11. The molecule has 0 fully saturated rings. The van der Waals surface area contributed by atoms with Gasteiger partial charge in [0.1, 0.15) is 0 Å². The molecule has 0 saturated heterocycles. The Labute approximate surface area is 131 Å². The van der Waals surface area contributed by atoms with Crippen LogP contribution in [0.3, 0.4) is 0 Å². The maximum absolute atomic E-state index is 12.5. The van der Waals surface area contributed by atoms with E-state index in [1.165, 1.54) is 0 Å². The predicted octanol–water partition coefficient (Wildman–Crippen LogP) is 2.77. The molecule has 1 amide bonds.